The van der Waals surface area contributed by atoms with Gasteiger partial charge >= 0.3 is 0 Å². The zero-order valence-corrected chi connectivity index (χ0v) is 8.03. The van der Waals surface area contributed by atoms with Gasteiger partial charge in [0.15, 0.2) is 5.82 Å². The van der Waals surface area contributed by atoms with Crippen LogP contribution in [-0.4, -0.2) is 14.5 Å². The van der Waals surface area contributed by atoms with Gasteiger partial charge in [-0.05, 0) is 13.8 Å². The van der Waals surface area contributed by atoms with Gasteiger partial charge in [0, 0.05) is 12.2 Å². The van der Waals surface area contributed by atoms with Crippen molar-refractivity contribution >= 4 is 16.9 Å². The van der Waals surface area contributed by atoms with E-state index in [0.29, 0.717) is 11.0 Å². The summed E-state index contributed by atoms with van der Waals surface area (Å²) in [7, 11) is 0. The molecule has 0 spiro atoms. The zero-order valence-electron chi connectivity index (χ0n) is 8.03. The Hall–Kier alpha value is -1.65. The predicted molar refractivity (Wildman–Crippen MR) is 52.3 cm³/mol. The third-order valence-electron chi connectivity index (χ3n) is 2.15. The lowest BCUT2D eigenvalue weighted by molar-refractivity contribution is 0.585. The van der Waals surface area contributed by atoms with Crippen molar-refractivity contribution < 1.29 is 4.39 Å². The molecule has 0 atom stereocenters. The Morgan fingerprint density at radius 1 is 1.43 bits per heavy atom. The first kappa shape index (κ1) is 8.93. The van der Waals surface area contributed by atoms with Crippen LogP contribution in [0.1, 0.15) is 19.9 Å². The van der Waals surface area contributed by atoms with Crippen molar-refractivity contribution in [1.29, 1.82) is 0 Å². The molecule has 0 aromatic carbocycles. The standard InChI is InChI=1S/C9H11FN4/c1-5(2)14-3-6(10)7-8(11)12-4-13-9(7)14/h3-5H,1-2H3,(H2,11,12,13). The number of fused-ring (bicyclic) bond motifs is 1. The van der Waals surface area contributed by atoms with Crippen LogP contribution in [-0.2, 0) is 0 Å². The van der Waals surface area contributed by atoms with Crippen LogP contribution < -0.4 is 5.73 Å². The van der Waals surface area contributed by atoms with Crippen molar-refractivity contribution in [2.45, 2.75) is 19.9 Å². The molecule has 2 N–H and O–H groups in total. The van der Waals surface area contributed by atoms with E-state index in [1.54, 1.807) is 4.57 Å². The van der Waals surface area contributed by atoms with Crippen molar-refractivity contribution in [2.75, 3.05) is 5.73 Å². The van der Waals surface area contributed by atoms with Crippen molar-refractivity contribution in [3.8, 4) is 0 Å². The fraction of sp³-hybridized carbons (Fsp3) is 0.333. The minimum Gasteiger partial charge on any atom is -0.383 e. The Morgan fingerprint density at radius 2 is 2.14 bits per heavy atom. The molecular formula is C9H11FN4. The summed E-state index contributed by atoms with van der Waals surface area (Å²) in [6, 6.07) is 0.149. The molecule has 74 valence electrons. The molecule has 5 heteroatoms. The highest BCUT2D eigenvalue weighted by atomic mass is 19.1. The summed E-state index contributed by atoms with van der Waals surface area (Å²) in [5.41, 5.74) is 6.11. The first-order valence-corrected chi connectivity index (χ1v) is 4.37. The lowest BCUT2D eigenvalue weighted by Crippen LogP contribution is -2.00. The lowest BCUT2D eigenvalue weighted by Gasteiger charge is -2.07. The number of halogens is 1. The molecule has 0 unspecified atom stereocenters. The normalized spacial score (nSPS) is 11.4. The molecule has 0 amide bonds. The maximum absolute atomic E-state index is 13.4. The van der Waals surface area contributed by atoms with Gasteiger partial charge in [-0.15, -0.1) is 0 Å². The average molecular weight is 194 g/mol. The summed E-state index contributed by atoms with van der Waals surface area (Å²) >= 11 is 0. The number of rotatable bonds is 1. The Morgan fingerprint density at radius 3 is 2.79 bits per heavy atom. The summed E-state index contributed by atoms with van der Waals surface area (Å²) in [4.78, 5) is 7.77. The van der Waals surface area contributed by atoms with Crippen LogP contribution in [0.5, 0.6) is 0 Å². The van der Waals surface area contributed by atoms with Gasteiger partial charge in [0.2, 0.25) is 0 Å². The van der Waals surface area contributed by atoms with Gasteiger partial charge in [-0.1, -0.05) is 0 Å². The molecule has 4 nitrogen and oxygen atoms in total. The number of nitrogens with two attached hydrogens (primary N) is 1. The monoisotopic (exact) mass is 194 g/mol. The van der Waals surface area contributed by atoms with E-state index in [0.717, 1.165) is 0 Å². The van der Waals surface area contributed by atoms with Gasteiger partial charge in [0.1, 0.15) is 17.8 Å². The average Bonchev–Trinajstić information content (AvgIpc) is 2.45. The van der Waals surface area contributed by atoms with E-state index in [1.165, 1.54) is 12.5 Å². The summed E-state index contributed by atoms with van der Waals surface area (Å²) in [6.07, 6.45) is 2.75. The predicted octanol–water partition coefficient (Wildman–Crippen LogP) is 1.73. The van der Waals surface area contributed by atoms with Crippen LogP contribution in [0, 0.1) is 5.82 Å². The van der Waals surface area contributed by atoms with Gasteiger partial charge in [0.25, 0.3) is 0 Å². The molecule has 0 radical (unpaired) electrons. The van der Waals surface area contributed by atoms with E-state index < -0.39 is 0 Å². The van der Waals surface area contributed by atoms with E-state index in [-0.39, 0.29) is 17.7 Å². The van der Waals surface area contributed by atoms with Gasteiger partial charge in [-0.25, -0.2) is 14.4 Å². The molecular weight excluding hydrogens is 183 g/mol. The van der Waals surface area contributed by atoms with Crippen molar-refractivity contribution in [3.63, 3.8) is 0 Å². The molecule has 0 aliphatic carbocycles. The van der Waals surface area contributed by atoms with E-state index in [2.05, 4.69) is 9.97 Å². The maximum Gasteiger partial charge on any atom is 0.154 e. The molecule has 0 bridgehead atoms. The van der Waals surface area contributed by atoms with E-state index >= 15 is 0 Å². The van der Waals surface area contributed by atoms with Crippen molar-refractivity contribution in [2.24, 2.45) is 0 Å². The number of aromatic nitrogens is 3. The van der Waals surface area contributed by atoms with Gasteiger partial charge in [0.05, 0.1) is 5.39 Å². The quantitative estimate of drug-likeness (QED) is 0.752. The van der Waals surface area contributed by atoms with Crippen LogP contribution in [0.15, 0.2) is 12.5 Å². The first-order chi connectivity index (χ1) is 6.61. The van der Waals surface area contributed by atoms with E-state index in [1.807, 2.05) is 13.8 Å². The fourth-order valence-electron chi connectivity index (χ4n) is 1.46. The van der Waals surface area contributed by atoms with Crippen LogP contribution in [0.3, 0.4) is 0 Å². The minimum atomic E-state index is -0.369. The van der Waals surface area contributed by atoms with Crippen molar-refractivity contribution in [1.82, 2.24) is 14.5 Å². The van der Waals surface area contributed by atoms with Crippen LogP contribution in [0.4, 0.5) is 10.2 Å². The molecule has 2 aromatic rings. The number of hydrogen-bond acceptors (Lipinski definition) is 3. The highest BCUT2D eigenvalue weighted by Crippen LogP contribution is 2.24. The fourth-order valence-corrected chi connectivity index (χ4v) is 1.46. The summed E-state index contributed by atoms with van der Waals surface area (Å²) in [6.45, 7) is 3.91. The van der Waals surface area contributed by atoms with Crippen LogP contribution in [0.25, 0.3) is 11.0 Å². The molecule has 0 aliphatic heterocycles. The maximum atomic E-state index is 13.4. The Balaban J connectivity index is 2.84. The largest absolute Gasteiger partial charge is 0.383 e. The molecule has 2 aromatic heterocycles. The van der Waals surface area contributed by atoms with Gasteiger partial charge in [-0.2, -0.15) is 0 Å². The third-order valence-corrected chi connectivity index (χ3v) is 2.15. The van der Waals surface area contributed by atoms with Crippen molar-refractivity contribution in [3.05, 3.63) is 18.3 Å². The van der Waals surface area contributed by atoms with E-state index in [4.69, 9.17) is 5.73 Å². The number of hydrogen-bond donors (Lipinski definition) is 1. The molecule has 2 rings (SSSR count). The van der Waals surface area contributed by atoms with Gasteiger partial charge < -0.3 is 10.3 Å². The second kappa shape index (κ2) is 2.94. The highest BCUT2D eigenvalue weighted by Gasteiger charge is 2.14. The second-order valence-corrected chi connectivity index (χ2v) is 3.44. The molecule has 2 heterocycles. The zero-order chi connectivity index (χ0) is 10.3. The molecule has 0 saturated carbocycles. The number of nitrogens with zero attached hydrogens (tertiary/aromatic N) is 3. The third kappa shape index (κ3) is 1.13. The van der Waals surface area contributed by atoms with Crippen LogP contribution in [0.2, 0.25) is 0 Å². The summed E-state index contributed by atoms with van der Waals surface area (Å²) < 4.78 is 15.2. The first-order valence-electron chi connectivity index (χ1n) is 4.37. The topological polar surface area (TPSA) is 56.7 Å². The molecule has 0 fully saturated rings. The molecule has 0 saturated heterocycles. The Labute approximate surface area is 80.6 Å². The lowest BCUT2D eigenvalue weighted by atomic mass is 10.3. The van der Waals surface area contributed by atoms with Crippen LogP contribution >= 0.6 is 0 Å². The number of anilines is 1. The summed E-state index contributed by atoms with van der Waals surface area (Å²) in [5, 5.41) is 0.307. The minimum absolute atomic E-state index is 0.149. The Kier molecular flexibility index (Phi) is 1.87. The highest BCUT2D eigenvalue weighted by molar-refractivity contribution is 5.86. The van der Waals surface area contributed by atoms with Gasteiger partial charge in [-0.3, -0.25) is 0 Å². The smallest absolute Gasteiger partial charge is 0.154 e. The SMILES string of the molecule is CC(C)n1cc(F)c2c(N)ncnc21. The molecule has 14 heavy (non-hydrogen) atoms. The molecule has 0 aliphatic rings. The Bertz CT molecular complexity index is 475. The summed E-state index contributed by atoms with van der Waals surface area (Å²) in [5.74, 6) is -0.182. The van der Waals surface area contributed by atoms with E-state index in [9.17, 15) is 4.39 Å². The second-order valence-electron chi connectivity index (χ2n) is 3.44. The number of nitrogen functional groups attached to an aromatic ring is 1.